The van der Waals surface area contributed by atoms with Crippen molar-refractivity contribution in [2.75, 3.05) is 33.4 Å². The molecule has 33 heavy (non-hydrogen) atoms. The van der Waals surface area contributed by atoms with E-state index in [-0.39, 0.29) is 26.3 Å². The molecule has 0 saturated carbocycles. The number of benzene rings is 1. The Morgan fingerprint density at radius 2 is 1.88 bits per heavy atom. The lowest BCUT2D eigenvalue weighted by molar-refractivity contribution is -0.0894. The van der Waals surface area contributed by atoms with E-state index in [4.69, 9.17) is 9.47 Å². The van der Waals surface area contributed by atoms with E-state index in [0.717, 1.165) is 22.0 Å². The van der Waals surface area contributed by atoms with Crippen LogP contribution in [0.25, 0.3) is 10.6 Å². The molecule has 0 aliphatic carbocycles. The maximum absolute atomic E-state index is 14.2. The van der Waals surface area contributed by atoms with E-state index in [1.165, 1.54) is 11.3 Å². The van der Waals surface area contributed by atoms with E-state index in [1.807, 2.05) is 29.6 Å². The molecule has 1 saturated heterocycles. The fourth-order valence-corrected chi connectivity index (χ4v) is 4.60. The average Bonchev–Trinajstić information content (AvgIpc) is 3.26. The molecule has 1 aromatic carbocycles. The molecule has 8 nitrogen and oxygen atoms in total. The van der Waals surface area contributed by atoms with Crippen LogP contribution < -0.4 is 4.74 Å². The number of aliphatic hydroxyl groups excluding tert-OH is 4. The minimum absolute atomic E-state index is 0.00839. The number of unbranched alkanes of at least 4 members (excludes halogenated alkanes) is 1. The van der Waals surface area contributed by atoms with Crippen LogP contribution in [0.1, 0.15) is 25.0 Å². The SMILES string of the molecule is COc1cccc(-c2nc(COC[C@H](F)CCCCN3C[C@H](O)[C@@H](O)[C@H](O)[C@@H](O)C3)cs2)c1. The summed E-state index contributed by atoms with van der Waals surface area (Å²) in [5.41, 5.74) is 1.72. The van der Waals surface area contributed by atoms with Gasteiger partial charge in [0.25, 0.3) is 0 Å². The van der Waals surface area contributed by atoms with Crippen LogP contribution in [0.3, 0.4) is 0 Å². The summed E-state index contributed by atoms with van der Waals surface area (Å²) in [6.07, 6.45) is -4.47. The second kappa shape index (κ2) is 12.7. The standard InChI is InChI=1S/C23H33FN2O6S/c1-31-18-7-4-5-15(9-18)23-25-17(14-33-23)13-32-12-16(24)6-2-3-8-26-10-19(27)21(29)22(30)20(28)11-26/h4-5,7,9,14,16,19-22,27-30H,2-3,6,8,10-13H2,1H3/t16-,19+,20+,21-,22-/m1/s1. The highest BCUT2D eigenvalue weighted by Crippen LogP contribution is 2.27. The number of aromatic nitrogens is 1. The number of alkyl halides is 1. The number of nitrogens with zero attached hydrogens (tertiary/aromatic N) is 2. The first-order valence-electron chi connectivity index (χ1n) is 11.1. The Labute approximate surface area is 197 Å². The number of aliphatic hydroxyl groups is 4. The zero-order chi connectivity index (χ0) is 23.8. The molecule has 184 valence electrons. The van der Waals surface area contributed by atoms with Gasteiger partial charge in [-0.05, 0) is 37.9 Å². The highest BCUT2D eigenvalue weighted by Gasteiger charge is 2.35. The minimum Gasteiger partial charge on any atom is -0.497 e. The molecule has 1 aromatic heterocycles. The van der Waals surface area contributed by atoms with Crippen LogP contribution >= 0.6 is 11.3 Å². The summed E-state index contributed by atoms with van der Waals surface area (Å²) in [6.45, 7) is 1.08. The molecule has 4 N–H and O–H groups in total. The fraction of sp³-hybridized carbons (Fsp3) is 0.609. The number of methoxy groups -OCH3 is 1. The Bertz CT molecular complexity index is 840. The van der Waals surface area contributed by atoms with Gasteiger partial charge in [-0.2, -0.15) is 0 Å². The van der Waals surface area contributed by atoms with Gasteiger partial charge in [0.2, 0.25) is 0 Å². The van der Waals surface area contributed by atoms with Crippen LogP contribution in [0, 0.1) is 0 Å². The molecule has 1 fully saturated rings. The van der Waals surface area contributed by atoms with Crippen molar-refractivity contribution >= 4 is 11.3 Å². The molecular weight excluding hydrogens is 451 g/mol. The molecule has 2 heterocycles. The molecular formula is C23H33FN2O6S. The number of hydrogen-bond acceptors (Lipinski definition) is 9. The Morgan fingerprint density at radius 3 is 2.58 bits per heavy atom. The maximum Gasteiger partial charge on any atom is 0.123 e. The van der Waals surface area contributed by atoms with Gasteiger partial charge in [-0.25, -0.2) is 9.37 Å². The summed E-state index contributed by atoms with van der Waals surface area (Å²) in [5, 5.41) is 42.0. The highest BCUT2D eigenvalue weighted by molar-refractivity contribution is 7.13. The molecule has 10 heteroatoms. The van der Waals surface area contributed by atoms with Crippen LogP contribution in [0.15, 0.2) is 29.6 Å². The number of hydrogen-bond donors (Lipinski definition) is 4. The third kappa shape index (κ3) is 7.68. The summed E-state index contributed by atoms with van der Waals surface area (Å²) < 4.78 is 24.9. The number of likely N-dealkylation sites (tertiary alicyclic amines) is 1. The van der Waals surface area contributed by atoms with E-state index in [0.29, 0.717) is 25.8 Å². The molecule has 0 spiro atoms. The average molecular weight is 485 g/mol. The summed E-state index contributed by atoms with van der Waals surface area (Å²) in [6, 6.07) is 7.65. The summed E-state index contributed by atoms with van der Waals surface area (Å²) >= 11 is 1.50. The molecule has 0 bridgehead atoms. The first-order valence-corrected chi connectivity index (χ1v) is 12.0. The van der Waals surface area contributed by atoms with Crippen LogP contribution in [-0.2, 0) is 11.3 Å². The largest absolute Gasteiger partial charge is 0.497 e. The van der Waals surface area contributed by atoms with Gasteiger partial charge in [0.15, 0.2) is 0 Å². The predicted molar refractivity (Wildman–Crippen MR) is 123 cm³/mol. The van der Waals surface area contributed by atoms with Crippen LogP contribution in [0.5, 0.6) is 5.75 Å². The smallest absolute Gasteiger partial charge is 0.123 e. The third-order valence-electron chi connectivity index (χ3n) is 5.69. The summed E-state index contributed by atoms with van der Waals surface area (Å²) in [5.74, 6) is 0.763. The van der Waals surface area contributed by atoms with Crippen molar-refractivity contribution < 1.29 is 34.3 Å². The normalized spacial score (nSPS) is 25.0. The number of rotatable bonds is 11. The molecule has 0 radical (unpaired) electrons. The topological polar surface area (TPSA) is 116 Å². The first-order chi connectivity index (χ1) is 15.9. The molecule has 2 aromatic rings. The minimum atomic E-state index is -1.37. The Hall–Kier alpha value is -1.66. The van der Waals surface area contributed by atoms with Crippen molar-refractivity contribution in [3.8, 4) is 16.3 Å². The van der Waals surface area contributed by atoms with Crippen molar-refractivity contribution in [1.29, 1.82) is 0 Å². The van der Waals surface area contributed by atoms with Gasteiger partial charge in [-0.3, -0.25) is 4.90 Å². The molecule has 5 atom stereocenters. The lowest BCUT2D eigenvalue weighted by Gasteiger charge is -2.23. The van der Waals surface area contributed by atoms with Gasteiger partial charge < -0.3 is 29.9 Å². The zero-order valence-electron chi connectivity index (χ0n) is 18.7. The van der Waals surface area contributed by atoms with Crippen molar-refractivity contribution in [3.05, 3.63) is 35.3 Å². The van der Waals surface area contributed by atoms with Crippen molar-refractivity contribution in [1.82, 2.24) is 9.88 Å². The van der Waals surface area contributed by atoms with E-state index < -0.39 is 30.6 Å². The monoisotopic (exact) mass is 484 g/mol. The maximum atomic E-state index is 14.2. The zero-order valence-corrected chi connectivity index (χ0v) is 19.5. The Kier molecular flexibility index (Phi) is 9.99. The van der Waals surface area contributed by atoms with Gasteiger partial charge >= 0.3 is 0 Å². The van der Waals surface area contributed by atoms with Gasteiger partial charge in [0.1, 0.15) is 29.1 Å². The molecule has 0 amide bonds. The third-order valence-corrected chi connectivity index (χ3v) is 6.63. The van der Waals surface area contributed by atoms with Crippen molar-refractivity contribution in [3.63, 3.8) is 0 Å². The first kappa shape index (κ1) is 26.0. The van der Waals surface area contributed by atoms with E-state index in [2.05, 4.69) is 4.98 Å². The van der Waals surface area contributed by atoms with Crippen molar-refractivity contribution in [2.24, 2.45) is 0 Å². The summed E-state index contributed by atoms with van der Waals surface area (Å²) in [4.78, 5) is 6.32. The van der Waals surface area contributed by atoms with Gasteiger partial charge in [-0.1, -0.05) is 12.1 Å². The number of halogens is 1. The van der Waals surface area contributed by atoms with Crippen LogP contribution in [0.2, 0.25) is 0 Å². The lowest BCUT2D eigenvalue weighted by atomic mass is 10.1. The van der Waals surface area contributed by atoms with E-state index >= 15 is 0 Å². The quantitative estimate of drug-likeness (QED) is 0.356. The van der Waals surface area contributed by atoms with E-state index in [1.54, 1.807) is 12.0 Å². The molecule has 0 unspecified atom stereocenters. The highest BCUT2D eigenvalue weighted by atomic mass is 32.1. The number of ether oxygens (including phenoxy) is 2. The predicted octanol–water partition coefficient (Wildman–Crippen LogP) is 1.60. The molecule has 1 aliphatic heterocycles. The van der Waals surface area contributed by atoms with Gasteiger partial charge in [-0.15, -0.1) is 11.3 Å². The fourth-order valence-electron chi connectivity index (χ4n) is 3.80. The Morgan fingerprint density at radius 1 is 1.15 bits per heavy atom. The van der Waals surface area contributed by atoms with Crippen LogP contribution in [0.4, 0.5) is 4.39 Å². The summed E-state index contributed by atoms with van der Waals surface area (Å²) in [7, 11) is 1.62. The van der Waals surface area contributed by atoms with Gasteiger partial charge in [0, 0.05) is 24.0 Å². The van der Waals surface area contributed by atoms with Gasteiger partial charge in [0.05, 0.1) is 38.2 Å². The van der Waals surface area contributed by atoms with E-state index in [9.17, 15) is 24.8 Å². The Balaban J connectivity index is 1.33. The second-order valence-electron chi connectivity index (χ2n) is 8.36. The van der Waals surface area contributed by atoms with Crippen LogP contribution in [-0.4, -0.2) is 94.2 Å². The van der Waals surface area contributed by atoms with Crippen molar-refractivity contribution in [2.45, 2.75) is 56.5 Å². The number of thiazole rings is 1. The molecule has 1 aliphatic rings. The second-order valence-corrected chi connectivity index (χ2v) is 9.22. The number of β-amino-alcohol motifs (C(OH)–C–C–N with tert-alkyl or cyclic N) is 2. The molecule has 3 rings (SSSR count). The lowest BCUT2D eigenvalue weighted by Crippen LogP contribution is -2.43.